The third kappa shape index (κ3) is 5.14. The fourth-order valence-electron chi connectivity index (χ4n) is 2.63. The first-order chi connectivity index (χ1) is 14.0. The monoisotopic (exact) mass is 413 g/mol. The van der Waals surface area contributed by atoms with E-state index in [1.165, 1.54) is 24.3 Å². The van der Waals surface area contributed by atoms with Crippen LogP contribution in [-0.2, 0) is 9.59 Å². The zero-order valence-corrected chi connectivity index (χ0v) is 16.5. The lowest BCUT2D eigenvalue weighted by atomic mass is 10.2. The molecule has 3 rings (SSSR count). The Balaban J connectivity index is 1.48. The molecule has 1 aliphatic rings. The zero-order valence-electron chi connectivity index (χ0n) is 15.7. The number of nitrogens with zero attached hydrogens (tertiary/aromatic N) is 2. The molecule has 2 aromatic rings. The van der Waals surface area contributed by atoms with Crippen LogP contribution in [0.5, 0.6) is 0 Å². The minimum Gasteiger partial charge on any atom is -0.459 e. The Hall–Kier alpha value is -3.33. The Morgan fingerprint density at radius 1 is 1.17 bits per heavy atom. The SMILES string of the molecule is CN(CC(=O)NCCN1C(=O)SC(=Cc2ccccc2)C1=O)C(=O)c1ccco1. The maximum absolute atomic E-state index is 12.4. The third-order valence-corrected chi connectivity index (χ3v) is 5.00. The first-order valence-electron chi connectivity index (χ1n) is 8.82. The highest BCUT2D eigenvalue weighted by molar-refractivity contribution is 8.18. The van der Waals surface area contributed by atoms with E-state index in [-0.39, 0.29) is 36.5 Å². The summed E-state index contributed by atoms with van der Waals surface area (Å²) < 4.78 is 5.01. The number of imide groups is 1. The molecule has 0 bridgehead atoms. The number of rotatable bonds is 7. The number of carbonyl (C=O) groups excluding carboxylic acids is 4. The summed E-state index contributed by atoms with van der Waals surface area (Å²) in [5.41, 5.74) is 0.829. The van der Waals surface area contributed by atoms with Crippen LogP contribution in [-0.4, -0.2) is 59.4 Å². The van der Waals surface area contributed by atoms with Crippen molar-refractivity contribution in [2.45, 2.75) is 0 Å². The maximum Gasteiger partial charge on any atom is 0.293 e. The van der Waals surface area contributed by atoms with Crippen LogP contribution in [0.2, 0.25) is 0 Å². The molecule has 4 amide bonds. The van der Waals surface area contributed by atoms with E-state index in [4.69, 9.17) is 4.42 Å². The van der Waals surface area contributed by atoms with Crippen LogP contribution in [0.25, 0.3) is 6.08 Å². The van der Waals surface area contributed by atoms with Crippen LogP contribution in [0.3, 0.4) is 0 Å². The van der Waals surface area contributed by atoms with Crippen molar-refractivity contribution in [3.05, 3.63) is 65.0 Å². The highest BCUT2D eigenvalue weighted by Crippen LogP contribution is 2.31. The van der Waals surface area contributed by atoms with Gasteiger partial charge in [-0.1, -0.05) is 30.3 Å². The highest BCUT2D eigenvalue weighted by atomic mass is 32.2. The predicted molar refractivity (Wildman–Crippen MR) is 108 cm³/mol. The number of nitrogens with one attached hydrogen (secondary N) is 1. The number of amides is 4. The van der Waals surface area contributed by atoms with Gasteiger partial charge in [-0.05, 0) is 35.5 Å². The van der Waals surface area contributed by atoms with Gasteiger partial charge in [-0.3, -0.25) is 24.1 Å². The number of thioether (sulfide) groups is 1. The van der Waals surface area contributed by atoms with E-state index in [0.717, 1.165) is 22.2 Å². The Kier molecular flexibility index (Phi) is 6.50. The van der Waals surface area contributed by atoms with E-state index >= 15 is 0 Å². The number of carbonyl (C=O) groups is 4. The van der Waals surface area contributed by atoms with Crippen molar-refractivity contribution >= 4 is 40.8 Å². The molecule has 8 nitrogen and oxygen atoms in total. The number of likely N-dealkylation sites (N-methyl/N-ethyl adjacent to an activating group) is 1. The predicted octanol–water partition coefficient (Wildman–Crippen LogP) is 2.20. The summed E-state index contributed by atoms with van der Waals surface area (Å²) in [7, 11) is 1.48. The van der Waals surface area contributed by atoms with Crippen LogP contribution >= 0.6 is 11.8 Å². The Labute approximate surface area is 171 Å². The Morgan fingerprint density at radius 3 is 2.62 bits per heavy atom. The van der Waals surface area contributed by atoms with E-state index in [2.05, 4.69) is 5.32 Å². The van der Waals surface area contributed by atoms with Crippen molar-refractivity contribution in [2.75, 3.05) is 26.7 Å². The molecule has 0 spiro atoms. The molecule has 1 fully saturated rings. The van der Waals surface area contributed by atoms with Crippen LogP contribution < -0.4 is 5.32 Å². The van der Waals surface area contributed by atoms with Gasteiger partial charge in [-0.15, -0.1) is 0 Å². The second kappa shape index (κ2) is 9.24. The molecule has 0 saturated carbocycles. The van der Waals surface area contributed by atoms with Gasteiger partial charge in [0.1, 0.15) is 0 Å². The molecule has 0 unspecified atom stereocenters. The average Bonchev–Trinajstić information content (AvgIpc) is 3.32. The summed E-state index contributed by atoms with van der Waals surface area (Å²) in [5, 5.41) is 2.23. The van der Waals surface area contributed by atoms with Gasteiger partial charge in [0.05, 0.1) is 17.7 Å². The molecule has 29 heavy (non-hydrogen) atoms. The zero-order chi connectivity index (χ0) is 20.8. The van der Waals surface area contributed by atoms with E-state index < -0.39 is 11.8 Å². The van der Waals surface area contributed by atoms with E-state index in [9.17, 15) is 19.2 Å². The third-order valence-electron chi connectivity index (χ3n) is 4.09. The summed E-state index contributed by atoms with van der Waals surface area (Å²) in [4.78, 5) is 51.3. The molecule has 2 heterocycles. The fraction of sp³-hybridized carbons (Fsp3) is 0.200. The molecule has 1 aromatic carbocycles. The van der Waals surface area contributed by atoms with Crippen molar-refractivity contribution in [3.63, 3.8) is 0 Å². The maximum atomic E-state index is 12.4. The van der Waals surface area contributed by atoms with Crippen LogP contribution in [0, 0.1) is 0 Å². The van der Waals surface area contributed by atoms with Crippen molar-refractivity contribution in [1.29, 1.82) is 0 Å². The average molecular weight is 413 g/mol. The van der Waals surface area contributed by atoms with Crippen LogP contribution in [0.4, 0.5) is 4.79 Å². The van der Waals surface area contributed by atoms with Gasteiger partial charge in [0, 0.05) is 20.1 Å². The number of furan rings is 1. The Bertz CT molecular complexity index is 940. The first kappa shape index (κ1) is 20.4. The smallest absolute Gasteiger partial charge is 0.293 e. The van der Waals surface area contributed by atoms with Crippen molar-refractivity contribution < 1.29 is 23.6 Å². The number of hydrogen-bond acceptors (Lipinski definition) is 6. The number of benzene rings is 1. The van der Waals surface area contributed by atoms with Gasteiger partial charge in [0.25, 0.3) is 17.1 Å². The topological polar surface area (TPSA) is 99.9 Å². The molecule has 150 valence electrons. The largest absolute Gasteiger partial charge is 0.459 e. The summed E-state index contributed by atoms with van der Waals surface area (Å²) in [5.74, 6) is -1.06. The summed E-state index contributed by atoms with van der Waals surface area (Å²) in [6.07, 6.45) is 3.04. The lowest BCUT2D eigenvalue weighted by Crippen LogP contribution is -2.42. The minimum atomic E-state index is -0.415. The normalized spacial score (nSPS) is 15.1. The molecule has 0 aliphatic carbocycles. The number of hydrogen-bond donors (Lipinski definition) is 1. The van der Waals surface area contributed by atoms with Crippen LogP contribution in [0.15, 0.2) is 58.1 Å². The van der Waals surface area contributed by atoms with E-state index in [0.29, 0.717) is 4.91 Å². The standard InChI is InChI=1S/C20H19N3O5S/c1-22(18(25)15-8-5-11-28-15)13-17(24)21-9-10-23-19(26)16(29-20(23)27)12-14-6-3-2-4-7-14/h2-8,11-12H,9-10,13H2,1H3,(H,21,24). The molecule has 0 radical (unpaired) electrons. The second-order valence-corrected chi connectivity index (χ2v) is 7.23. The van der Waals surface area contributed by atoms with E-state index in [1.54, 1.807) is 12.1 Å². The molecule has 0 atom stereocenters. The molecule has 1 saturated heterocycles. The van der Waals surface area contributed by atoms with Crippen molar-refractivity contribution in [3.8, 4) is 0 Å². The molecule has 9 heteroatoms. The lowest BCUT2D eigenvalue weighted by Gasteiger charge is -2.16. The summed E-state index contributed by atoms with van der Waals surface area (Å²) >= 11 is 0.871. The van der Waals surface area contributed by atoms with Crippen molar-refractivity contribution in [1.82, 2.24) is 15.1 Å². The van der Waals surface area contributed by atoms with Gasteiger partial charge in [0.2, 0.25) is 5.91 Å². The van der Waals surface area contributed by atoms with Gasteiger partial charge in [0.15, 0.2) is 5.76 Å². The molecule has 1 aromatic heterocycles. The highest BCUT2D eigenvalue weighted by Gasteiger charge is 2.34. The van der Waals surface area contributed by atoms with E-state index in [1.807, 2.05) is 30.3 Å². The molecular weight excluding hydrogens is 394 g/mol. The first-order valence-corrected chi connectivity index (χ1v) is 9.63. The summed E-state index contributed by atoms with van der Waals surface area (Å²) in [6.45, 7) is -0.0218. The summed E-state index contributed by atoms with van der Waals surface area (Å²) in [6, 6.07) is 12.3. The molecule has 1 N–H and O–H groups in total. The quantitative estimate of drug-likeness (QED) is 0.699. The molecule has 1 aliphatic heterocycles. The van der Waals surface area contributed by atoms with Gasteiger partial charge in [-0.25, -0.2) is 0 Å². The van der Waals surface area contributed by atoms with Gasteiger partial charge in [-0.2, -0.15) is 0 Å². The lowest BCUT2D eigenvalue weighted by molar-refractivity contribution is -0.124. The van der Waals surface area contributed by atoms with Crippen LogP contribution in [0.1, 0.15) is 16.1 Å². The van der Waals surface area contributed by atoms with Crippen molar-refractivity contribution in [2.24, 2.45) is 0 Å². The second-order valence-electron chi connectivity index (χ2n) is 6.23. The van der Waals surface area contributed by atoms with Gasteiger partial charge >= 0.3 is 0 Å². The van der Waals surface area contributed by atoms with Gasteiger partial charge < -0.3 is 14.6 Å². The molecular formula is C20H19N3O5S. The Morgan fingerprint density at radius 2 is 1.93 bits per heavy atom. The fourth-order valence-corrected chi connectivity index (χ4v) is 3.50. The minimum absolute atomic E-state index is 0.0539.